The smallest absolute Gasteiger partial charge is 0.291 e. The summed E-state index contributed by atoms with van der Waals surface area (Å²) in [5, 5.41) is 0. The number of carbonyl (C=O) groups excluding carboxylic acids is 1. The topological polar surface area (TPSA) is 68.2 Å². The van der Waals surface area contributed by atoms with Gasteiger partial charge in [-0.05, 0) is 37.0 Å². The molecule has 1 amide bonds. The van der Waals surface area contributed by atoms with Crippen LogP contribution >= 0.6 is 0 Å². The molecule has 2 aliphatic rings. The molecule has 0 N–H and O–H groups in total. The van der Waals surface area contributed by atoms with Crippen LogP contribution in [-0.2, 0) is 0 Å². The summed E-state index contributed by atoms with van der Waals surface area (Å²) < 4.78 is 6.00. The van der Waals surface area contributed by atoms with Crippen LogP contribution in [0.2, 0.25) is 0 Å². The Morgan fingerprint density at radius 3 is 2.96 bits per heavy atom. The molecule has 4 rings (SSSR count). The van der Waals surface area contributed by atoms with Crippen LogP contribution in [0.3, 0.4) is 0 Å². The maximum absolute atomic E-state index is 12.6. The minimum atomic E-state index is -0.0780. The molecule has 1 saturated carbocycles. The summed E-state index contributed by atoms with van der Waals surface area (Å²) in [6.45, 7) is 2.12. The third-order valence-corrected chi connectivity index (χ3v) is 5.24. The van der Waals surface area contributed by atoms with Crippen molar-refractivity contribution < 1.29 is 9.53 Å². The van der Waals surface area contributed by atoms with Crippen LogP contribution in [0.25, 0.3) is 0 Å². The highest BCUT2D eigenvalue weighted by atomic mass is 16.5. The van der Waals surface area contributed by atoms with Crippen LogP contribution in [0.1, 0.15) is 29.9 Å². The molecular weight excluding hydrogens is 304 g/mol. The average Bonchev–Trinajstić information content (AvgIpc) is 3.18. The minimum Gasteiger partial charge on any atom is -0.491 e. The Labute approximate surface area is 140 Å². The van der Waals surface area contributed by atoms with E-state index in [-0.39, 0.29) is 17.1 Å². The molecule has 2 fully saturated rings. The molecule has 1 saturated heterocycles. The number of aromatic nitrogens is 3. The molecule has 0 bridgehead atoms. The van der Waals surface area contributed by atoms with Crippen LogP contribution in [0, 0.1) is 11.3 Å². The number of rotatable bonds is 4. The lowest BCUT2D eigenvalue weighted by Gasteiger charge is -2.28. The fourth-order valence-electron chi connectivity index (χ4n) is 4.02. The Bertz CT molecular complexity index is 709. The molecule has 2 aromatic rings. The highest BCUT2D eigenvalue weighted by Gasteiger charge is 2.51. The minimum absolute atomic E-state index is 0.0419. The molecule has 3 heterocycles. The van der Waals surface area contributed by atoms with Crippen molar-refractivity contribution in [2.24, 2.45) is 11.3 Å². The second-order valence-electron chi connectivity index (χ2n) is 6.69. The molecule has 1 aliphatic heterocycles. The fourth-order valence-corrected chi connectivity index (χ4v) is 4.02. The summed E-state index contributed by atoms with van der Waals surface area (Å²) in [6, 6.07) is 5.51. The van der Waals surface area contributed by atoms with Gasteiger partial charge in [0.1, 0.15) is 5.75 Å². The molecule has 6 heteroatoms. The SMILES string of the molecule is O=C(c1ncccn1)N1C[C@@H]2CCC[C@]2(COc2cccnc2)C1. The quantitative estimate of drug-likeness (QED) is 0.862. The molecule has 0 spiro atoms. The number of nitrogens with zero attached hydrogens (tertiary/aromatic N) is 4. The largest absolute Gasteiger partial charge is 0.491 e. The Morgan fingerprint density at radius 1 is 1.29 bits per heavy atom. The first kappa shape index (κ1) is 15.1. The normalized spacial score (nSPS) is 25.5. The molecule has 0 unspecified atom stereocenters. The van der Waals surface area contributed by atoms with Crippen LogP contribution < -0.4 is 4.74 Å². The highest BCUT2D eigenvalue weighted by molar-refractivity contribution is 5.90. The number of likely N-dealkylation sites (tertiary alicyclic amines) is 1. The van der Waals surface area contributed by atoms with Crippen molar-refractivity contribution in [1.29, 1.82) is 0 Å². The predicted octanol–water partition coefficient (Wildman–Crippen LogP) is 2.19. The third kappa shape index (κ3) is 2.72. The number of fused-ring (bicyclic) bond motifs is 1. The van der Waals surface area contributed by atoms with E-state index in [1.807, 2.05) is 17.0 Å². The standard InChI is InChI=1S/C18H20N4O2/c23-17(16-20-8-3-9-21-16)22-11-14-4-1-6-18(14,12-22)13-24-15-5-2-7-19-10-15/h2-3,5,7-10,14H,1,4,6,11-13H2/t14-,18+/m0/s1. The lowest BCUT2D eigenvalue weighted by molar-refractivity contribution is 0.0734. The van der Waals surface area contributed by atoms with Crippen molar-refractivity contribution >= 4 is 5.91 Å². The molecule has 0 aromatic carbocycles. The molecule has 2 atom stereocenters. The second kappa shape index (κ2) is 6.19. The molecule has 1 aliphatic carbocycles. The summed E-state index contributed by atoms with van der Waals surface area (Å²) in [5.41, 5.74) is 0.0419. The van der Waals surface area contributed by atoms with E-state index in [9.17, 15) is 4.79 Å². The molecule has 24 heavy (non-hydrogen) atoms. The van der Waals surface area contributed by atoms with Crippen LogP contribution in [-0.4, -0.2) is 45.5 Å². The first-order chi connectivity index (χ1) is 11.8. The van der Waals surface area contributed by atoms with Crippen LogP contribution in [0.4, 0.5) is 0 Å². The van der Waals surface area contributed by atoms with E-state index in [1.54, 1.807) is 30.9 Å². The van der Waals surface area contributed by atoms with E-state index in [2.05, 4.69) is 15.0 Å². The van der Waals surface area contributed by atoms with E-state index in [0.29, 0.717) is 12.5 Å². The van der Waals surface area contributed by atoms with Gasteiger partial charge in [0, 0.05) is 37.1 Å². The molecular formula is C18H20N4O2. The molecule has 2 aromatic heterocycles. The summed E-state index contributed by atoms with van der Waals surface area (Å²) in [7, 11) is 0. The maximum Gasteiger partial charge on any atom is 0.291 e. The average molecular weight is 324 g/mol. The summed E-state index contributed by atoms with van der Waals surface area (Å²) in [6.07, 6.45) is 10.1. The van der Waals surface area contributed by atoms with E-state index >= 15 is 0 Å². The van der Waals surface area contributed by atoms with E-state index < -0.39 is 0 Å². The van der Waals surface area contributed by atoms with Gasteiger partial charge in [0.25, 0.3) is 5.91 Å². The summed E-state index contributed by atoms with van der Waals surface area (Å²) >= 11 is 0. The zero-order chi connectivity index (χ0) is 16.4. The first-order valence-electron chi connectivity index (χ1n) is 8.36. The number of hydrogen-bond acceptors (Lipinski definition) is 5. The number of carbonyl (C=O) groups is 1. The monoisotopic (exact) mass is 324 g/mol. The van der Waals surface area contributed by atoms with Gasteiger partial charge in [-0.2, -0.15) is 0 Å². The number of hydrogen-bond donors (Lipinski definition) is 0. The van der Waals surface area contributed by atoms with Crippen molar-refractivity contribution in [3.63, 3.8) is 0 Å². The van der Waals surface area contributed by atoms with Gasteiger partial charge in [0.15, 0.2) is 0 Å². The van der Waals surface area contributed by atoms with Gasteiger partial charge in [-0.25, -0.2) is 9.97 Å². The second-order valence-corrected chi connectivity index (χ2v) is 6.69. The van der Waals surface area contributed by atoms with E-state index in [0.717, 1.165) is 31.7 Å². The Kier molecular flexibility index (Phi) is 3.88. The zero-order valence-electron chi connectivity index (χ0n) is 13.5. The van der Waals surface area contributed by atoms with Crippen molar-refractivity contribution in [1.82, 2.24) is 19.9 Å². The number of amides is 1. The van der Waals surface area contributed by atoms with Crippen molar-refractivity contribution in [3.8, 4) is 5.75 Å². The highest BCUT2D eigenvalue weighted by Crippen LogP contribution is 2.49. The third-order valence-electron chi connectivity index (χ3n) is 5.24. The maximum atomic E-state index is 12.6. The number of ether oxygens (including phenoxy) is 1. The van der Waals surface area contributed by atoms with Crippen molar-refractivity contribution in [2.75, 3.05) is 19.7 Å². The lowest BCUT2D eigenvalue weighted by Crippen LogP contribution is -2.36. The van der Waals surface area contributed by atoms with E-state index in [4.69, 9.17) is 4.74 Å². The fraction of sp³-hybridized carbons (Fsp3) is 0.444. The number of pyridine rings is 1. The van der Waals surface area contributed by atoms with Gasteiger partial charge in [-0.3, -0.25) is 9.78 Å². The van der Waals surface area contributed by atoms with Gasteiger partial charge in [-0.15, -0.1) is 0 Å². The van der Waals surface area contributed by atoms with Crippen molar-refractivity contribution in [2.45, 2.75) is 19.3 Å². The lowest BCUT2D eigenvalue weighted by atomic mass is 9.81. The Morgan fingerprint density at radius 2 is 2.17 bits per heavy atom. The van der Waals surface area contributed by atoms with Gasteiger partial charge in [0.05, 0.1) is 12.8 Å². The first-order valence-corrected chi connectivity index (χ1v) is 8.36. The summed E-state index contributed by atoms with van der Waals surface area (Å²) in [5.74, 6) is 1.47. The molecule has 124 valence electrons. The Hall–Kier alpha value is -2.50. The van der Waals surface area contributed by atoms with Crippen LogP contribution in [0.15, 0.2) is 43.0 Å². The van der Waals surface area contributed by atoms with E-state index in [1.165, 1.54) is 6.42 Å². The summed E-state index contributed by atoms with van der Waals surface area (Å²) in [4.78, 5) is 26.8. The Balaban J connectivity index is 1.48. The zero-order valence-corrected chi connectivity index (χ0v) is 13.5. The van der Waals surface area contributed by atoms with Crippen LogP contribution in [0.5, 0.6) is 5.75 Å². The molecule has 6 nitrogen and oxygen atoms in total. The van der Waals surface area contributed by atoms with Gasteiger partial charge in [-0.1, -0.05) is 6.42 Å². The van der Waals surface area contributed by atoms with Crippen molar-refractivity contribution in [3.05, 3.63) is 48.8 Å². The predicted molar refractivity (Wildman–Crippen MR) is 87.4 cm³/mol. The van der Waals surface area contributed by atoms with Gasteiger partial charge in [0.2, 0.25) is 5.82 Å². The molecule has 0 radical (unpaired) electrons. The van der Waals surface area contributed by atoms with Gasteiger partial charge >= 0.3 is 0 Å². The van der Waals surface area contributed by atoms with Gasteiger partial charge < -0.3 is 9.64 Å².